The fourth-order valence-corrected chi connectivity index (χ4v) is 3.95. The molecule has 102 valence electrons. The average Bonchev–Trinajstić information content (AvgIpc) is 2.89. The second kappa shape index (κ2) is 4.56. The number of likely N-dealkylation sites (tertiary alicyclic amines) is 1. The van der Waals surface area contributed by atoms with E-state index in [-0.39, 0.29) is 18.1 Å². The SMILES string of the molecule is O=C(c1cscn1)N1C[C@H]2CC[C@H]1[C@H]2OCC1CC1. The fraction of sp³-hybridized carbons (Fsp3) is 0.714. The molecule has 1 aromatic rings. The van der Waals surface area contributed by atoms with Crippen LogP contribution in [0.4, 0.5) is 0 Å². The van der Waals surface area contributed by atoms with Crippen molar-refractivity contribution in [2.75, 3.05) is 13.2 Å². The first-order valence-electron chi connectivity index (χ1n) is 7.13. The fourth-order valence-electron chi connectivity index (χ4n) is 3.42. The van der Waals surface area contributed by atoms with Crippen LogP contribution >= 0.6 is 11.3 Å². The molecule has 1 amide bonds. The van der Waals surface area contributed by atoms with Gasteiger partial charge in [0, 0.05) is 24.4 Å². The van der Waals surface area contributed by atoms with E-state index in [1.165, 1.54) is 30.6 Å². The summed E-state index contributed by atoms with van der Waals surface area (Å²) >= 11 is 1.48. The summed E-state index contributed by atoms with van der Waals surface area (Å²) in [6.45, 7) is 1.76. The molecule has 3 atom stereocenters. The topological polar surface area (TPSA) is 42.4 Å². The van der Waals surface area contributed by atoms with E-state index in [0.717, 1.165) is 25.5 Å². The number of rotatable bonds is 4. The largest absolute Gasteiger partial charge is 0.375 e. The molecule has 4 rings (SSSR count). The molecule has 0 aromatic carbocycles. The van der Waals surface area contributed by atoms with Crippen molar-refractivity contribution < 1.29 is 9.53 Å². The summed E-state index contributed by atoms with van der Waals surface area (Å²) in [6, 6.07) is 0.290. The summed E-state index contributed by atoms with van der Waals surface area (Å²) in [5.74, 6) is 1.43. The van der Waals surface area contributed by atoms with Gasteiger partial charge in [0.15, 0.2) is 0 Å². The molecule has 2 saturated carbocycles. The number of hydrogen-bond donors (Lipinski definition) is 0. The number of carbonyl (C=O) groups excluding carboxylic acids is 1. The average molecular weight is 278 g/mol. The number of piperidine rings is 1. The quantitative estimate of drug-likeness (QED) is 0.847. The summed E-state index contributed by atoms with van der Waals surface area (Å²) in [7, 11) is 0. The van der Waals surface area contributed by atoms with E-state index in [1.54, 1.807) is 5.51 Å². The van der Waals surface area contributed by atoms with Gasteiger partial charge in [-0.05, 0) is 31.6 Å². The van der Waals surface area contributed by atoms with Crippen LogP contribution in [-0.2, 0) is 4.74 Å². The maximum Gasteiger partial charge on any atom is 0.273 e. The molecule has 0 unspecified atom stereocenters. The Morgan fingerprint density at radius 3 is 3.05 bits per heavy atom. The molecule has 1 aliphatic heterocycles. The van der Waals surface area contributed by atoms with Gasteiger partial charge >= 0.3 is 0 Å². The normalized spacial score (nSPS) is 33.1. The molecule has 19 heavy (non-hydrogen) atoms. The van der Waals surface area contributed by atoms with Gasteiger partial charge < -0.3 is 9.64 Å². The van der Waals surface area contributed by atoms with Crippen LogP contribution in [0.25, 0.3) is 0 Å². The van der Waals surface area contributed by atoms with Gasteiger partial charge in [-0.2, -0.15) is 0 Å². The van der Waals surface area contributed by atoms with Crippen molar-refractivity contribution in [3.8, 4) is 0 Å². The lowest BCUT2D eigenvalue weighted by Gasteiger charge is -2.26. The highest BCUT2D eigenvalue weighted by atomic mass is 32.1. The first-order chi connectivity index (χ1) is 9.33. The van der Waals surface area contributed by atoms with Crippen molar-refractivity contribution >= 4 is 17.2 Å². The Hall–Kier alpha value is -0.940. The highest BCUT2D eigenvalue weighted by molar-refractivity contribution is 7.07. The summed E-state index contributed by atoms with van der Waals surface area (Å²) in [5.41, 5.74) is 2.32. The van der Waals surface area contributed by atoms with Gasteiger partial charge in [-0.1, -0.05) is 0 Å². The van der Waals surface area contributed by atoms with Crippen molar-refractivity contribution in [2.45, 2.75) is 37.8 Å². The molecule has 4 nitrogen and oxygen atoms in total. The zero-order chi connectivity index (χ0) is 12.8. The summed E-state index contributed by atoms with van der Waals surface area (Å²) in [6.07, 6.45) is 5.23. The number of hydrogen-bond acceptors (Lipinski definition) is 4. The highest BCUT2D eigenvalue weighted by Gasteiger charge is 2.50. The first-order valence-corrected chi connectivity index (χ1v) is 8.08. The van der Waals surface area contributed by atoms with Crippen molar-refractivity contribution in [1.82, 2.24) is 9.88 Å². The molecule has 3 fully saturated rings. The predicted octanol–water partition coefficient (Wildman–Crippen LogP) is 2.17. The number of amides is 1. The predicted molar refractivity (Wildman–Crippen MR) is 72.1 cm³/mol. The molecule has 0 spiro atoms. The molecule has 0 radical (unpaired) electrons. The zero-order valence-corrected chi connectivity index (χ0v) is 11.6. The molecule has 1 saturated heterocycles. The lowest BCUT2D eigenvalue weighted by molar-refractivity contribution is 0.0207. The maximum absolute atomic E-state index is 12.4. The second-order valence-corrected chi connectivity index (χ2v) is 6.70. The highest BCUT2D eigenvalue weighted by Crippen LogP contribution is 2.41. The third kappa shape index (κ3) is 2.09. The van der Waals surface area contributed by atoms with E-state index in [2.05, 4.69) is 4.98 Å². The number of aromatic nitrogens is 1. The number of ether oxygens (including phenoxy) is 1. The minimum atomic E-state index is 0.0912. The van der Waals surface area contributed by atoms with Gasteiger partial charge in [0.1, 0.15) is 5.69 Å². The van der Waals surface area contributed by atoms with Crippen LogP contribution in [0.15, 0.2) is 10.9 Å². The van der Waals surface area contributed by atoms with Gasteiger partial charge in [-0.3, -0.25) is 4.79 Å². The summed E-state index contributed by atoms with van der Waals surface area (Å²) in [5, 5.41) is 1.84. The Kier molecular flexibility index (Phi) is 2.84. The molecular weight excluding hydrogens is 260 g/mol. The van der Waals surface area contributed by atoms with Gasteiger partial charge in [-0.15, -0.1) is 11.3 Å². The second-order valence-electron chi connectivity index (χ2n) is 5.98. The molecule has 1 aromatic heterocycles. The van der Waals surface area contributed by atoms with E-state index in [9.17, 15) is 4.79 Å². The number of carbonyl (C=O) groups is 1. The van der Waals surface area contributed by atoms with Gasteiger partial charge in [-0.25, -0.2) is 4.98 Å². The zero-order valence-electron chi connectivity index (χ0n) is 10.8. The minimum Gasteiger partial charge on any atom is -0.375 e. The van der Waals surface area contributed by atoms with Crippen molar-refractivity contribution in [3.05, 3.63) is 16.6 Å². The minimum absolute atomic E-state index is 0.0912. The van der Waals surface area contributed by atoms with Crippen molar-refractivity contribution in [2.24, 2.45) is 11.8 Å². The number of nitrogens with zero attached hydrogens (tertiary/aromatic N) is 2. The third-order valence-electron chi connectivity index (χ3n) is 4.64. The van der Waals surface area contributed by atoms with E-state index < -0.39 is 0 Å². The third-order valence-corrected chi connectivity index (χ3v) is 5.23. The Labute approximate surface area is 116 Å². The van der Waals surface area contributed by atoms with Gasteiger partial charge in [0.05, 0.1) is 17.7 Å². The lowest BCUT2D eigenvalue weighted by Crippen LogP contribution is -2.40. The van der Waals surface area contributed by atoms with Crippen LogP contribution in [0.5, 0.6) is 0 Å². The first kappa shape index (κ1) is 11.9. The van der Waals surface area contributed by atoms with Crippen LogP contribution < -0.4 is 0 Å². The van der Waals surface area contributed by atoms with Crippen molar-refractivity contribution in [1.29, 1.82) is 0 Å². The molecule has 2 aliphatic carbocycles. The van der Waals surface area contributed by atoms with Crippen LogP contribution in [0, 0.1) is 11.8 Å². The monoisotopic (exact) mass is 278 g/mol. The molecule has 3 aliphatic rings. The summed E-state index contributed by atoms with van der Waals surface area (Å²) < 4.78 is 6.10. The Bertz CT molecular complexity index is 472. The number of fused-ring (bicyclic) bond motifs is 2. The standard InChI is InChI=1S/C14H18N2O2S/c17-14(11-7-19-8-15-11)16-5-10-3-4-12(16)13(10)18-6-9-1-2-9/h7-10,12-13H,1-6H2/t10-,12+,13+/m1/s1. The summed E-state index contributed by atoms with van der Waals surface area (Å²) in [4.78, 5) is 18.5. The Balaban J connectivity index is 1.45. The molecular formula is C14H18N2O2S. The van der Waals surface area contributed by atoms with Crippen LogP contribution in [0.1, 0.15) is 36.2 Å². The Morgan fingerprint density at radius 2 is 2.32 bits per heavy atom. The van der Waals surface area contributed by atoms with E-state index in [1.807, 2.05) is 10.3 Å². The van der Waals surface area contributed by atoms with E-state index >= 15 is 0 Å². The lowest BCUT2D eigenvalue weighted by atomic mass is 10.1. The van der Waals surface area contributed by atoms with Crippen LogP contribution in [0.3, 0.4) is 0 Å². The maximum atomic E-state index is 12.4. The van der Waals surface area contributed by atoms with E-state index in [4.69, 9.17) is 4.74 Å². The van der Waals surface area contributed by atoms with Crippen molar-refractivity contribution in [3.63, 3.8) is 0 Å². The van der Waals surface area contributed by atoms with E-state index in [0.29, 0.717) is 11.6 Å². The van der Waals surface area contributed by atoms with Gasteiger partial charge in [0.2, 0.25) is 0 Å². The molecule has 2 heterocycles. The van der Waals surface area contributed by atoms with Crippen LogP contribution in [0.2, 0.25) is 0 Å². The van der Waals surface area contributed by atoms with Gasteiger partial charge in [0.25, 0.3) is 5.91 Å². The molecule has 2 bridgehead atoms. The number of thiazole rings is 1. The smallest absolute Gasteiger partial charge is 0.273 e. The molecule has 5 heteroatoms. The van der Waals surface area contributed by atoms with Crippen LogP contribution in [-0.4, -0.2) is 41.1 Å². The Morgan fingerprint density at radius 1 is 1.42 bits per heavy atom. The molecule has 0 N–H and O–H groups in total.